The molecule has 170 valence electrons. The Labute approximate surface area is 189 Å². The van der Waals surface area contributed by atoms with Crippen molar-refractivity contribution in [3.63, 3.8) is 0 Å². The number of carboxylic acids is 1. The molecular weight excluding hydrogens is 434 g/mol. The maximum Gasteiger partial charge on any atom is 0.313 e. The second-order valence-corrected chi connectivity index (χ2v) is 9.93. The van der Waals surface area contributed by atoms with Crippen LogP contribution in [-0.4, -0.2) is 46.8 Å². The lowest BCUT2D eigenvalue weighted by Crippen LogP contribution is -2.67. The van der Waals surface area contributed by atoms with Crippen molar-refractivity contribution < 1.29 is 24.2 Å². The van der Waals surface area contributed by atoms with Gasteiger partial charge in [0, 0.05) is 16.5 Å². The molecule has 2 aromatic rings. The molecule has 9 nitrogen and oxygen atoms in total. The van der Waals surface area contributed by atoms with Gasteiger partial charge in [-0.05, 0) is 55.7 Å². The molecule has 10 heteroatoms. The molecule has 3 rings (SSSR count). The van der Waals surface area contributed by atoms with Crippen molar-refractivity contribution in [3.8, 4) is 5.75 Å². The molecule has 3 N–H and O–H groups in total. The minimum absolute atomic E-state index is 0.145. The number of hydrogen-bond acceptors (Lipinski definition) is 7. The molecule has 1 fully saturated rings. The fourth-order valence-corrected chi connectivity index (χ4v) is 4.31. The van der Waals surface area contributed by atoms with Crippen molar-refractivity contribution in [1.29, 1.82) is 0 Å². The van der Waals surface area contributed by atoms with Crippen molar-refractivity contribution in [3.05, 3.63) is 46.9 Å². The van der Waals surface area contributed by atoms with Crippen LogP contribution >= 0.6 is 11.9 Å². The van der Waals surface area contributed by atoms with E-state index in [0.29, 0.717) is 23.3 Å². The van der Waals surface area contributed by atoms with E-state index in [1.807, 2.05) is 12.1 Å². The summed E-state index contributed by atoms with van der Waals surface area (Å²) in [6.45, 7) is 4.77. The summed E-state index contributed by atoms with van der Waals surface area (Å²) in [6.07, 6.45) is -0.145. The third-order valence-electron chi connectivity index (χ3n) is 5.92. The number of fused-ring (bicyclic) bond motifs is 1. The number of methoxy groups -OCH3 is 1. The lowest BCUT2D eigenvalue weighted by Gasteiger charge is -2.38. The molecule has 1 saturated heterocycles. The largest absolute Gasteiger partial charge is 0.497 e. The fraction of sp³-hybridized carbons (Fsp3) is 0.409. The van der Waals surface area contributed by atoms with E-state index in [4.69, 9.17) is 4.74 Å². The standard InChI is InChI=1S/C22H25N3O6S/c1-21(2,32-25-30)17-19(27)23-16(18(26)24-17)11-22(3,20(28)29)14-7-5-13-10-15(31-4)8-6-12(13)9-14/h5-10,16-17H,11H2,1-4H3,(H,23,27)(H,24,26)(H,28,29)/t16-,17-,22?/m0/s1. The van der Waals surface area contributed by atoms with E-state index in [1.165, 1.54) is 6.92 Å². The van der Waals surface area contributed by atoms with Crippen LogP contribution in [0.4, 0.5) is 0 Å². The first-order valence-corrected chi connectivity index (χ1v) is 10.7. The minimum atomic E-state index is -1.44. The van der Waals surface area contributed by atoms with E-state index in [0.717, 1.165) is 10.8 Å². The van der Waals surface area contributed by atoms with Crippen LogP contribution in [0.2, 0.25) is 0 Å². The van der Waals surface area contributed by atoms with Crippen molar-refractivity contribution in [2.45, 2.75) is 49.4 Å². The van der Waals surface area contributed by atoms with Crippen LogP contribution in [0.1, 0.15) is 32.8 Å². The number of nitrogens with one attached hydrogen (secondary N) is 2. The van der Waals surface area contributed by atoms with Crippen LogP contribution in [-0.2, 0) is 19.8 Å². The van der Waals surface area contributed by atoms with Crippen LogP contribution in [0.25, 0.3) is 10.8 Å². The minimum Gasteiger partial charge on any atom is -0.497 e. The Bertz CT molecular complexity index is 1090. The van der Waals surface area contributed by atoms with E-state index in [1.54, 1.807) is 45.2 Å². The third kappa shape index (κ3) is 4.40. The van der Waals surface area contributed by atoms with Gasteiger partial charge in [-0.2, -0.15) is 0 Å². The Balaban J connectivity index is 1.89. The van der Waals surface area contributed by atoms with Gasteiger partial charge in [-0.1, -0.05) is 24.3 Å². The summed E-state index contributed by atoms with van der Waals surface area (Å²) in [5.41, 5.74) is -0.932. The SMILES string of the molecule is COc1ccc2cc(C(C)(C[C@@H]3NC(=O)[C@@H](C(C)(C)SN=O)NC3=O)C(=O)O)ccc2c1. The number of aliphatic carboxylic acids is 1. The Morgan fingerprint density at radius 1 is 1.09 bits per heavy atom. The van der Waals surface area contributed by atoms with E-state index in [-0.39, 0.29) is 6.42 Å². The van der Waals surface area contributed by atoms with Crippen molar-refractivity contribution in [1.82, 2.24) is 10.6 Å². The molecule has 1 aliphatic rings. The fourth-order valence-electron chi connectivity index (χ4n) is 3.84. The second kappa shape index (κ2) is 8.78. The molecule has 1 aliphatic heterocycles. The maximum absolute atomic E-state index is 12.8. The first kappa shape index (κ1) is 23.5. The molecule has 0 aliphatic carbocycles. The van der Waals surface area contributed by atoms with Gasteiger partial charge in [0.2, 0.25) is 11.8 Å². The lowest BCUT2D eigenvalue weighted by molar-refractivity contribution is -0.145. The van der Waals surface area contributed by atoms with E-state index >= 15 is 0 Å². The highest BCUT2D eigenvalue weighted by molar-refractivity contribution is 7.99. The van der Waals surface area contributed by atoms with Gasteiger partial charge < -0.3 is 20.5 Å². The average Bonchev–Trinajstić information content (AvgIpc) is 2.74. The predicted molar refractivity (Wildman–Crippen MR) is 121 cm³/mol. The molecule has 0 saturated carbocycles. The smallest absolute Gasteiger partial charge is 0.313 e. The Kier molecular flexibility index (Phi) is 6.45. The highest BCUT2D eigenvalue weighted by Crippen LogP contribution is 2.35. The number of amides is 2. The van der Waals surface area contributed by atoms with Gasteiger partial charge >= 0.3 is 5.97 Å². The molecule has 0 radical (unpaired) electrons. The van der Waals surface area contributed by atoms with Gasteiger partial charge in [0.1, 0.15) is 17.8 Å². The van der Waals surface area contributed by atoms with E-state index in [2.05, 4.69) is 15.2 Å². The first-order valence-electron chi connectivity index (χ1n) is 9.95. The molecular formula is C22H25N3O6S. The number of nitroso groups, excluding NO2 is 1. The zero-order valence-corrected chi connectivity index (χ0v) is 19.0. The number of carboxylic acid groups (broad SMARTS) is 1. The zero-order valence-electron chi connectivity index (χ0n) is 18.2. The summed E-state index contributed by atoms with van der Waals surface area (Å²) in [5, 5.41) is 17.0. The number of piperazine rings is 1. The van der Waals surface area contributed by atoms with Gasteiger partial charge in [0.05, 0.1) is 17.3 Å². The molecule has 2 aromatic carbocycles. The van der Waals surface area contributed by atoms with Crippen molar-refractivity contribution >= 4 is 40.5 Å². The highest BCUT2D eigenvalue weighted by atomic mass is 32.2. The first-order chi connectivity index (χ1) is 15.0. The van der Waals surface area contributed by atoms with Gasteiger partial charge in [-0.3, -0.25) is 14.4 Å². The molecule has 0 spiro atoms. The molecule has 2 amide bonds. The summed E-state index contributed by atoms with van der Waals surface area (Å²) in [5.74, 6) is -1.43. The number of rotatable bonds is 8. The highest BCUT2D eigenvalue weighted by Gasteiger charge is 2.47. The number of hydrogen-bond donors (Lipinski definition) is 3. The molecule has 3 atom stereocenters. The number of benzene rings is 2. The summed E-state index contributed by atoms with van der Waals surface area (Å²) >= 11 is 0.657. The Morgan fingerprint density at radius 2 is 1.75 bits per heavy atom. The molecule has 1 heterocycles. The summed E-state index contributed by atoms with van der Waals surface area (Å²) < 4.78 is 7.04. The van der Waals surface area contributed by atoms with Crippen LogP contribution in [0, 0.1) is 4.91 Å². The van der Waals surface area contributed by atoms with Crippen molar-refractivity contribution in [2.75, 3.05) is 7.11 Å². The third-order valence-corrected chi connectivity index (χ3v) is 6.70. The van der Waals surface area contributed by atoms with Gasteiger partial charge in [-0.25, -0.2) is 0 Å². The predicted octanol–water partition coefficient (Wildman–Crippen LogP) is 2.76. The number of carbonyl (C=O) groups is 3. The molecule has 0 bridgehead atoms. The summed E-state index contributed by atoms with van der Waals surface area (Å²) in [7, 11) is 1.57. The molecule has 32 heavy (non-hydrogen) atoms. The average molecular weight is 460 g/mol. The van der Waals surface area contributed by atoms with Crippen LogP contribution < -0.4 is 15.4 Å². The Hall–Kier alpha value is -3.14. The normalized spacial score (nSPS) is 20.8. The second-order valence-electron chi connectivity index (χ2n) is 8.54. The van der Waals surface area contributed by atoms with Crippen LogP contribution in [0.15, 0.2) is 41.0 Å². The Morgan fingerprint density at radius 3 is 2.38 bits per heavy atom. The topological polar surface area (TPSA) is 134 Å². The number of ether oxygens (including phenoxy) is 1. The van der Waals surface area contributed by atoms with Crippen LogP contribution in [0.5, 0.6) is 5.75 Å². The summed E-state index contributed by atoms with van der Waals surface area (Å²) in [6, 6.07) is 8.72. The quantitative estimate of drug-likeness (QED) is 0.408. The van der Waals surface area contributed by atoms with E-state index in [9.17, 15) is 24.4 Å². The number of nitrogens with zero attached hydrogens (tertiary/aromatic N) is 1. The molecule has 1 unspecified atom stereocenters. The van der Waals surface area contributed by atoms with Crippen molar-refractivity contribution in [2.24, 2.45) is 4.58 Å². The zero-order chi connectivity index (χ0) is 23.7. The maximum atomic E-state index is 12.8. The van der Waals surface area contributed by atoms with Gasteiger partial charge in [0.25, 0.3) is 0 Å². The lowest BCUT2D eigenvalue weighted by atomic mass is 9.76. The van der Waals surface area contributed by atoms with Gasteiger partial charge in [0.15, 0.2) is 0 Å². The molecule has 0 aromatic heterocycles. The monoisotopic (exact) mass is 459 g/mol. The van der Waals surface area contributed by atoms with Crippen LogP contribution in [0.3, 0.4) is 0 Å². The summed E-state index contributed by atoms with van der Waals surface area (Å²) in [4.78, 5) is 48.4. The van der Waals surface area contributed by atoms with E-state index < -0.39 is 40.0 Å². The number of carbonyl (C=O) groups excluding carboxylic acids is 2. The van der Waals surface area contributed by atoms with Gasteiger partial charge in [-0.15, -0.1) is 4.91 Å².